The lowest BCUT2D eigenvalue weighted by Gasteiger charge is -2.46. The first kappa shape index (κ1) is 13.9. The van der Waals surface area contributed by atoms with Crippen LogP contribution in [0, 0.1) is 5.92 Å². The Kier molecular flexibility index (Phi) is 3.30. The monoisotopic (exact) mass is 299 g/mol. The number of nitrogens with zero attached hydrogens (tertiary/aromatic N) is 1. The Labute approximate surface area is 130 Å². The summed E-state index contributed by atoms with van der Waals surface area (Å²) in [5, 5.41) is 0. The van der Waals surface area contributed by atoms with E-state index in [9.17, 15) is 9.59 Å². The van der Waals surface area contributed by atoms with Crippen LogP contribution in [0.15, 0.2) is 30.3 Å². The molecular formula is C18H21NO3. The molecule has 1 atom stereocenters. The van der Waals surface area contributed by atoms with E-state index in [0.717, 1.165) is 38.0 Å². The fourth-order valence-corrected chi connectivity index (χ4v) is 4.14. The number of rotatable bonds is 3. The maximum Gasteiger partial charge on any atom is 0.317 e. The number of esters is 1. The molecule has 5 rings (SSSR count). The molecular weight excluding hydrogens is 278 g/mol. The molecule has 116 valence electrons. The minimum atomic E-state index is -0.732. The zero-order chi connectivity index (χ0) is 15.2. The molecule has 1 aromatic carbocycles. The van der Waals surface area contributed by atoms with Crippen LogP contribution in [0.4, 0.5) is 0 Å². The van der Waals surface area contributed by atoms with Crippen LogP contribution in [-0.2, 0) is 19.7 Å². The van der Waals surface area contributed by atoms with Gasteiger partial charge in [0.15, 0.2) is 0 Å². The van der Waals surface area contributed by atoms with E-state index >= 15 is 0 Å². The highest BCUT2D eigenvalue weighted by Crippen LogP contribution is 2.43. The summed E-state index contributed by atoms with van der Waals surface area (Å²) in [6.45, 7) is 3.11. The van der Waals surface area contributed by atoms with Crippen molar-refractivity contribution in [1.29, 1.82) is 0 Å². The zero-order valence-electron chi connectivity index (χ0n) is 12.7. The number of piperidine rings is 3. The van der Waals surface area contributed by atoms with Gasteiger partial charge < -0.3 is 4.74 Å². The molecule has 4 aliphatic rings. The molecule has 0 aromatic heterocycles. The summed E-state index contributed by atoms with van der Waals surface area (Å²) >= 11 is 0. The first-order valence-electron chi connectivity index (χ1n) is 8.18. The number of hydrogen-bond donors (Lipinski definition) is 0. The highest BCUT2D eigenvalue weighted by Gasteiger charge is 2.53. The van der Waals surface area contributed by atoms with E-state index in [1.54, 1.807) is 0 Å². The number of hydrogen-bond acceptors (Lipinski definition) is 4. The van der Waals surface area contributed by atoms with Crippen molar-refractivity contribution >= 4 is 11.8 Å². The molecule has 4 fully saturated rings. The molecule has 2 bridgehead atoms. The molecule has 1 aliphatic carbocycles. The lowest BCUT2D eigenvalue weighted by Crippen LogP contribution is -2.55. The molecule has 4 heteroatoms. The fraction of sp³-hybridized carbons (Fsp3) is 0.556. The van der Waals surface area contributed by atoms with Crippen LogP contribution in [0.3, 0.4) is 0 Å². The van der Waals surface area contributed by atoms with Gasteiger partial charge in [0.2, 0.25) is 0 Å². The largest absolute Gasteiger partial charge is 0.460 e. The average Bonchev–Trinajstić information content (AvgIpc) is 2.53. The molecule has 0 radical (unpaired) electrons. The first-order valence-corrected chi connectivity index (χ1v) is 8.18. The smallest absolute Gasteiger partial charge is 0.317 e. The van der Waals surface area contributed by atoms with E-state index < -0.39 is 5.41 Å². The van der Waals surface area contributed by atoms with Gasteiger partial charge >= 0.3 is 5.97 Å². The van der Waals surface area contributed by atoms with Gasteiger partial charge in [-0.15, -0.1) is 0 Å². The van der Waals surface area contributed by atoms with Crippen LogP contribution in [0.2, 0.25) is 0 Å². The molecule has 3 saturated heterocycles. The van der Waals surface area contributed by atoms with E-state index in [0.29, 0.717) is 5.92 Å². The Morgan fingerprint density at radius 1 is 1.14 bits per heavy atom. The van der Waals surface area contributed by atoms with Crippen molar-refractivity contribution < 1.29 is 14.3 Å². The Morgan fingerprint density at radius 3 is 2.36 bits per heavy atom. The van der Waals surface area contributed by atoms with E-state index in [1.807, 2.05) is 30.3 Å². The normalized spacial score (nSPS) is 32.4. The summed E-state index contributed by atoms with van der Waals surface area (Å²) in [6, 6.07) is 9.63. The zero-order valence-corrected chi connectivity index (χ0v) is 12.7. The predicted octanol–water partition coefficient (Wildman–Crippen LogP) is 1.92. The molecule has 3 heterocycles. The third-order valence-corrected chi connectivity index (χ3v) is 5.57. The number of Topliss-reactive ketones (excluding diaryl/α,β-unsaturated/α-hetero) is 1. The van der Waals surface area contributed by atoms with Gasteiger partial charge in [0.25, 0.3) is 0 Å². The number of carbonyl (C=O) groups is 2. The van der Waals surface area contributed by atoms with Crippen LogP contribution in [0.1, 0.15) is 31.2 Å². The molecule has 1 aromatic rings. The van der Waals surface area contributed by atoms with Gasteiger partial charge in [0, 0.05) is 19.4 Å². The molecule has 0 amide bonds. The van der Waals surface area contributed by atoms with Crippen molar-refractivity contribution in [2.24, 2.45) is 5.92 Å². The van der Waals surface area contributed by atoms with Gasteiger partial charge in [-0.1, -0.05) is 30.3 Å². The van der Waals surface area contributed by atoms with Crippen molar-refractivity contribution in [3.63, 3.8) is 0 Å². The van der Waals surface area contributed by atoms with Gasteiger partial charge in [-0.3, -0.25) is 14.5 Å². The topological polar surface area (TPSA) is 46.6 Å². The van der Waals surface area contributed by atoms with E-state index in [-0.39, 0.29) is 30.7 Å². The minimum absolute atomic E-state index is 0.00582. The fourth-order valence-electron chi connectivity index (χ4n) is 4.14. The van der Waals surface area contributed by atoms with Gasteiger partial charge in [-0.05, 0) is 37.4 Å². The highest BCUT2D eigenvalue weighted by atomic mass is 16.5. The second kappa shape index (κ2) is 5.20. The van der Waals surface area contributed by atoms with Crippen LogP contribution < -0.4 is 0 Å². The number of fused-ring (bicyclic) bond motifs is 3. The van der Waals surface area contributed by atoms with Crippen LogP contribution in [-0.4, -0.2) is 42.4 Å². The average molecular weight is 299 g/mol. The SMILES string of the molecule is O=C1CC(C(=O)O[C@H]2CN3CCC2CC3)(c2ccccc2)C1. The summed E-state index contributed by atoms with van der Waals surface area (Å²) in [5.41, 5.74) is 0.186. The number of ketones is 1. The predicted molar refractivity (Wildman–Crippen MR) is 81.4 cm³/mol. The third kappa shape index (κ3) is 2.17. The van der Waals surface area contributed by atoms with Gasteiger partial charge in [0.05, 0.1) is 0 Å². The van der Waals surface area contributed by atoms with Crippen LogP contribution in [0.25, 0.3) is 0 Å². The first-order chi connectivity index (χ1) is 10.7. The maximum absolute atomic E-state index is 12.8. The lowest BCUT2D eigenvalue weighted by atomic mass is 9.63. The molecule has 1 saturated carbocycles. The van der Waals surface area contributed by atoms with E-state index in [1.165, 1.54) is 0 Å². The standard InChI is InChI=1S/C18H21NO3/c20-15-10-18(11-15,14-4-2-1-3-5-14)17(21)22-16-12-19-8-6-13(16)7-9-19/h1-5,13,16H,6-12H2/t16-/m0/s1. The summed E-state index contributed by atoms with van der Waals surface area (Å²) < 4.78 is 5.90. The minimum Gasteiger partial charge on any atom is -0.460 e. The van der Waals surface area contributed by atoms with Crippen molar-refractivity contribution in [1.82, 2.24) is 4.90 Å². The highest BCUT2D eigenvalue weighted by molar-refractivity contribution is 6.02. The lowest BCUT2D eigenvalue weighted by molar-refractivity contribution is -0.172. The summed E-state index contributed by atoms with van der Waals surface area (Å²) in [7, 11) is 0. The Bertz CT molecular complexity index is 582. The summed E-state index contributed by atoms with van der Waals surface area (Å²) in [5.74, 6) is 0.448. The van der Waals surface area contributed by atoms with Crippen molar-refractivity contribution in [2.45, 2.75) is 37.2 Å². The van der Waals surface area contributed by atoms with Gasteiger partial charge in [-0.2, -0.15) is 0 Å². The number of ether oxygens (including phenoxy) is 1. The third-order valence-electron chi connectivity index (χ3n) is 5.57. The molecule has 3 aliphatic heterocycles. The molecule has 22 heavy (non-hydrogen) atoms. The molecule has 0 spiro atoms. The summed E-state index contributed by atoms with van der Waals surface area (Å²) in [6.07, 6.45) is 2.82. The van der Waals surface area contributed by atoms with Crippen molar-refractivity contribution in [2.75, 3.05) is 19.6 Å². The van der Waals surface area contributed by atoms with Crippen molar-refractivity contribution in [3.05, 3.63) is 35.9 Å². The van der Waals surface area contributed by atoms with E-state index in [2.05, 4.69) is 4.90 Å². The second-order valence-electron chi connectivity index (χ2n) is 6.92. The molecule has 0 unspecified atom stereocenters. The molecule has 4 nitrogen and oxygen atoms in total. The van der Waals surface area contributed by atoms with Crippen LogP contribution in [0.5, 0.6) is 0 Å². The van der Waals surface area contributed by atoms with Gasteiger partial charge in [0.1, 0.15) is 17.3 Å². The second-order valence-corrected chi connectivity index (χ2v) is 6.92. The molecule has 0 N–H and O–H groups in total. The van der Waals surface area contributed by atoms with E-state index in [4.69, 9.17) is 4.74 Å². The number of carbonyl (C=O) groups excluding carboxylic acids is 2. The quantitative estimate of drug-likeness (QED) is 0.800. The number of benzene rings is 1. The maximum atomic E-state index is 12.8. The Hall–Kier alpha value is -1.68. The van der Waals surface area contributed by atoms with Gasteiger partial charge in [-0.25, -0.2) is 0 Å². The Balaban J connectivity index is 1.54. The van der Waals surface area contributed by atoms with Crippen LogP contribution >= 0.6 is 0 Å². The summed E-state index contributed by atoms with van der Waals surface area (Å²) in [4.78, 5) is 26.8. The van der Waals surface area contributed by atoms with Crippen molar-refractivity contribution in [3.8, 4) is 0 Å². The Morgan fingerprint density at radius 2 is 1.82 bits per heavy atom.